The maximum atomic E-state index is 5.77. The van der Waals surface area contributed by atoms with E-state index in [-0.39, 0.29) is 7.43 Å². The van der Waals surface area contributed by atoms with E-state index in [1.165, 1.54) is 11.1 Å². The number of rotatable bonds is 4. The molecule has 0 radical (unpaired) electrons. The monoisotopic (exact) mass is 338 g/mol. The lowest BCUT2D eigenvalue weighted by Crippen LogP contribution is -2.14. The lowest BCUT2D eigenvalue weighted by molar-refractivity contribution is 0.0980. The number of aryl methyl sites for hydroxylation is 2. The van der Waals surface area contributed by atoms with Crippen LogP contribution in [-0.2, 0) is 11.3 Å². The number of fused-ring (bicyclic) bond motifs is 1. The Morgan fingerprint density at radius 1 is 1.20 bits per heavy atom. The first-order valence-corrected chi connectivity index (χ1v) is 8.47. The topological polar surface area (TPSA) is 52.0 Å². The summed E-state index contributed by atoms with van der Waals surface area (Å²) in [7, 11) is 0. The molecule has 1 aliphatic rings. The molecular formula is C20H26N4O. The van der Waals surface area contributed by atoms with Crippen molar-refractivity contribution in [3.63, 3.8) is 0 Å². The molecule has 0 aliphatic carbocycles. The van der Waals surface area contributed by atoms with Crippen molar-refractivity contribution in [3.8, 4) is 0 Å². The summed E-state index contributed by atoms with van der Waals surface area (Å²) in [6, 6.07) is 6.21. The van der Waals surface area contributed by atoms with Crippen molar-refractivity contribution in [2.75, 3.05) is 11.9 Å². The number of pyridine rings is 2. The largest absolute Gasteiger partial charge is 0.376 e. The second-order valence-electron chi connectivity index (χ2n) is 6.41. The van der Waals surface area contributed by atoms with Gasteiger partial charge >= 0.3 is 0 Å². The molecule has 0 bridgehead atoms. The molecule has 5 nitrogen and oxygen atoms in total. The molecule has 1 aliphatic heterocycles. The highest BCUT2D eigenvalue weighted by Crippen LogP contribution is 2.28. The van der Waals surface area contributed by atoms with E-state index in [4.69, 9.17) is 4.74 Å². The summed E-state index contributed by atoms with van der Waals surface area (Å²) < 4.78 is 8.04. The number of aromatic nitrogens is 3. The average molecular weight is 338 g/mol. The van der Waals surface area contributed by atoms with Crippen LogP contribution in [-0.4, -0.2) is 27.2 Å². The van der Waals surface area contributed by atoms with E-state index in [0.29, 0.717) is 6.10 Å². The molecule has 1 saturated heterocycles. The lowest BCUT2D eigenvalue weighted by atomic mass is 10.2. The highest BCUT2D eigenvalue weighted by molar-refractivity contribution is 5.92. The Morgan fingerprint density at radius 2 is 2.04 bits per heavy atom. The Kier molecular flexibility index (Phi) is 5.04. The SMILES string of the molecule is C.Cc1ccnc(C)c1Nc1nccc2c1ccn2CC1CCCO1. The molecular weight excluding hydrogens is 312 g/mol. The first-order valence-electron chi connectivity index (χ1n) is 8.47. The number of hydrogen-bond donors (Lipinski definition) is 1. The minimum Gasteiger partial charge on any atom is -0.376 e. The van der Waals surface area contributed by atoms with Crippen molar-refractivity contribution in [3.05, 3.63) is 48.0 Å². The quantitative estimate of drug-likeness (QED) is 0.755. The molecule has 25 heavy (non-hydrogen) atoms. The molecule has 0 spiro atoms. The van der Waals surface area contributed by atoms with E-state index in [1.807, 2.05) is 25.4 Å². The van der Waals surface area contributed by atoms with Gasteiger partial charge in [-0.15, -0.1) is 0 Å². The summed E-state index contributed by atoms with van der Waals surface area (Å²) >= 11 is 0. The van der Waals surface area contributed by atoms with Crippen LogP contribution in [0.1, 0.15) is 31.5 Å². The average Bonchev–Trinajstić information content (AvgIpc) is 3.22. The third kappa shape index (κ3) is 3.37. The normalized spacial score (nSPS) is 16.8. The first kappa shape index (κ1) is 17.4. The zero-order valence-corrected chi connectivity index (χ0v) is 14.1. The van der Waals surface area contributed by atoms with E-state index in [0.717, 1.165) is 48.6 Å². The molecule has 1 atom stereocenters. The van der Waals surface area contributed by atoms with E-state index < -0.39 is 0 Å². The molecule has 1 unspecified atom stereocenters. The van der Waals surface area contributed by atoms with Gasteiger partial charge in [0.2, 0.25) is 0 Å². The fraction of sp³-hybridized carbons (Fsp3) is 0.400. The van der Waals surface area contributed by atoms with Crippen LogP contribution in [0.3, 0.4) is 0 Å². The van der Waals surface area contributed by atoms with Crippen LogP contribution in [0.25, 0.3) is 10.9 Å². The van der Waals surface area contributed by atoms with Gasteiger partial charge in [0, 0.05) is 37.1 Å². The van der Waals surface area contributed by atoms with Gasteiger partial charge < -0.3 is 14.6 Å². The highest BCUT2D eigenvalue weighted by Gasteiger charge is 2.17. The summed E-state index contributed by atoms with van der Waals surface area (Å²) in [5.74, 6) is 0.873. The molecule has 4 heterocycles. The highest BCUT2D eigenvalue weighted by atomic mass is 16.5. The van der Waals surface area contributed by atoms with Crippen molar-refractivity contribution in [1.82, 2.24) is 14.5 Å². The van der Waals surface area contributed by atoms with Crippen molar-refractivity contribution >= 4 is 22.4 Å². The zero-order chi connectivity index (χ0) is 16.5. The molecule has 1 fully saturated rings. The fourth-order valence-electron chi connectivity index (χ4n) is 3.39. The number of ether oxygens (including phenoxy) is 1. The van der Waals surface area contributed by atoms with Crippen molar-refractivity contribution < 1.29 is 4.74 Å². The maximum absolute atomic E-state index is 5.77. The van der Waals surface area contributed by atoms with Crippen molar-refractivity contribution in [2.45, 2.75) is 46.8 Å². The second-order valence-corrected chi connectivity index (χ2v) is 6.41. The van der Waals surface area contributed by atoms with Crippen LogP contribution in [0, 0.1) is 13.8 Å². The predicted octanol–water partition coefficient (Wildman–Crippen LogP) is 4.61. The molecule has 3 aromatic heterocycles. The third-order valence-corrected chi connectivity index (χ3v) is 4.71. The van der Waals surface area contributed by atoms with Gasteiger partial charge in [-0.2, -0.15) is 0 Å². The molecule has 1 N–H and O–H groups in total. The van der Waals surface area contributed by atoms with Crippen LogP contribution in [0.4, 0.5) is 11.5 Å². The number of anilines is 2. The summed E-state index contributed by atoms with van der Waals surface area (Å²) in [5.41, 5.74) is 4.36. The van der Waals surface area contributed by atoms with E-state index >= 15 is 0 Å². The Hall–Kier alpha value is -2.40. The minimum absolute atomic E-state index is 0. The Bertz CT molecular complexity index is 845. The molecule has 0 aromatic carbocycles. The van der Waals surface area contributed by atoms with Crippen molar-refractivity contribution in [2.24, 2.45) is 0 Å². The number of nitrogens with one attached hydrogen (secondary N) is 1. The van der Waals surface area contributed by atoms with Crippen LogP contribution in [0.5, 0.6) is 0 Å². The zero-order valence-electron chi connectivity index (χ0n) is 14.1. The van der Waals surface area contributed by atoms with Gasteiger partial charge in [0.15, 0.2) is 0 Å². The van der Waals surface area contributed by atoms with Crippen LogP contribution in [0.2, 0.25) is 0 Å². The number of nitrogens with zero attached hydrogens (tertiary/aromatic N) is 3. The van der Waals surface area contributed by atoms with Gasteiger partial charge in [0.1, 0.15) is 5.82 Å². The van der Waals surface area contributed by atoms with Gasteiger partial charge in [0.05, 0.1) is 23.0 Å². The van der Waals surface area contributed by atoms with Gasteiger partial charge in [0.25, 0.3) is 0 Å². The van der Waals surface area contributed by atoms with E-state index in [2.05, 4.69) is 45.1 Å². The molecule has 4 rings (SSSR count). The standard InChI is InChI=1S/C19H22N4O.CH4/c1-13-5-8-20-14(2)18(13)22-19-16-7-10-23(17(16)6-9-21-19)12-15-4-3-11-24-15;/h5-10,15H,3-4,11-12H2,1-2H3,(H,21,22);1H4. The molecule has 0 amide bonds. The summed E-state index contributed by atoms with van der Waals surface area (Å²) in [6.07, 6.45) is 8.46. The minimum atomic E-state index is 0. The Balaban J connectivity index is 0.00000182. The second kappa shape index (κ2) is 7.23. The Morgan fingerprint density at radius 3 is 2.80 bits per heavy atom. The maximum Gasteiger partial charge on any atom is 0.139 e. The van der Waals surface area contributed by atoms with Crippen LogP contribution >= 0.6 is 0 Å². The summed E-state index contributed by atoms with van der Waals surface area (Å²) in [5, 5.41) is 4.60. The third-order valence-electron chi connectivity index (χ3n) is 4.71. The van der Waals surface area contributed by atoms with E-state index in [1.54, 1.807) is 0 Å². The summed E-state index contributed by atoms with van der Waals surface area (Å²) in [6.45, 7) is 5.88. The van der Waals surface area contributed by atoms with E-state index in [9.17, 15) is 0 Å². The number of hydrogen-bond acceptors (Lipinski definition) is 4. The predicted molar refractivity (Wildman–Crippen MR) is 102 cm³/mol. The molecule has 5 heteroatoms. The fourth-order valence-corrected chi connectivity index (χ4v) is 3.39. The van der Waals surface area contributed by atoms with Gasteiger partial charge in [-0.1, -0.05) is 7.43 Å². The molecule has 3 aromatic rings. The summed E-state index contributed by atoms with van der Waals surface area (Å²) in [4.78, 5) is 8.92. The van der Waals surface area contributed by atoms with Crippen molar-refractivity contribution in [1.29, 1.82) is 0 Å². The lowest BCUT2D eigenvalue weighted by Gasteiger charge is -2.14. The first-order chi connectivity index (χ1) is 11.7. The van der Waals surface area contributed by atoms with Gasteiger partial charge in [-0.05, 0) is 50.5 Å². The molecule has 0 saturated carbocycles. The molecule has 132 valence electrons. The van der Waals surface area contributed by atoms with Crippen LogP contribution < -0.4 is 5.32 Å². The van der Waals surface area contributed by atoms with Crippen LogP contribution in [0.15, 0.2) is 36.8 Å². The smallest absolute Gasteiger partial charge is 0.139 e. The van der Waals surface area contributed by atoms with Gasteiger partial charge in [-0.25, -0.2) is 4.98 Å². The van der Waals surface area contributed by atoms with Gasteiger partial charge in [-0.3, -0.25) is 4.98 Å². The Labute approximate surface area is 149 Å².